The third-order valence-electron chi connectivity index (χ3n) is 4.52. The van der Waals surface area contributed by atoms with E-state index in [1.165, 1.54) is 0 Å². The molecule has 1 spiro atoms. The van der Waals surface area contributed by atoms with E-state index in [1.807, 2.05) is 68.5 Å². The van der Waals surface area contributed by atoms with Crippen LogP contribution in [0.5, 0.6) is 5.75 Å². The zero-order valence-electron chi connectivity index (χ0n) is 13.6. The highest BCUT2D eigenvalue weighted by atomic mass is 79.9. The number of hydrogen-bond donors (Lipinski definition) is 0. The third-order valence-corrected chi connectivity index (χ3v) is 5.56. The summed E-state index contributed by atoms with van der Waals surface area (Å²) in [6.07, 6.45) is 3.43. The van der Waals surface area contributed by atoms with Gasteiger partial charge in [0.1, 0.15) is 5.75 Å². The van der Waals surface area contributed by atoms with Crippen molar-refractivity contribution in [3.05, 3.63) is 63.0 Å². The number of fused-ring (bicyclic) bond motifs is 1. The Bertz CT molecular complexity index is 895. The molecule has 2 heterocycles. The summed E-state index contributed by atoms with van der Waals surface area (Å²) in [6, 6.07) is 13.3. The van der Waals surface area contributed by atoms with Gasteiger partial charge in [0.15, 0.2) is 5.60 Å². The first-order valence-electron chi connectivity index (χ1n) is 7.80. The molecule has 4 rings (SSSR count). The summed E-state index contributed by atoms with van der Waals surface area (Å²) in [4.78, 5) is 14.3. The van der Waals surface area contributed by atoms with Crippen LogP contribution in [-0.2, 0) is 4.74 Å². The van der Waals surface area contributed by atoms with E-state index in [1.54, 1.807) is 4.90 Å². The molecule has 2 aromatic rings. The van der Waals surface area contributed by atoms with Gasteiger partial charge >= 0.3 is 6.09 Å². The molecule has 0 N–H and O–H groups in total. The number of benzene rings is 2. The van der Waals surface area contributed by atoms with E-state index in [0.717, 1.165) is 20.2 Å². The molecule has 1 amide bonds. The topological polar surface area (TPSA) is 38.8 Å². The van der Waals surface area contributed by atoms with Crippen LogP contribution >= 0.6 is 31.9 Å². The maximum Gasteiger partial charge on any atom is 0.418 e. The van der Waals surface area contributed by atoms with E-state index in [0.29, 0.717) is 5.75 Å². The molecule has 4 nitrogen and oxygen atoms in total. The average Bonchev–Trinajstić information content (AvgIpc) is 2.74. The highest BCUT2D eigenvalue weighted by Gasteiger charge is 2.63. The van der Waals surface area contributed by atoms with Crippen LogP contribution in [0.3, 0.4) is 0 Å². The lowest BCUT2D eigenvalue weighted by Gasteiger charge is -2.42. The van der Waals surface area contributed by atoms with Gasteiger partial charge in [-0.15, -0.1) is 0 Å². The Morgan fingerprint density at radius 3 is 2.48 bits per heavy atom. The minimum absolute atomic E-state index is 0.433. The van der Waals surface area contributed by atoms with Crippen molar-refractivity contribution < 1.29 is 14.3 Å². The second kappa shape index (κ2) is 5.61. The summed E-state index contributed by atoms with van der Waals surface area (Å²) >= 11 is 7.05. The Balaban J connectivity index is 1.90. The molecule has 2 aliphatic heterocycles. The first-order valence-corrected chi connectivity index (χ1v) is 9.38. The van der Waals surface area contributed by atoms with E-state index in [9.17, 15) is 4.79 Å². The van der Waals surface area contributed by atoms with Crippen LogP contribution in [0.25, 0.3) is 6.08 Å². The molecular formula is C19H15Br2NO3. The van der Waals surface area contributed by atoms with Gasteiger partial charge < -0.3 is 9.47 Å². The van der Waals surface area contributed by atoms with Gasteiger partial charge in [-0.05, 0) is 66.2 Å². The van der Waals surface area contributed by atoms with E-state index >= 15 is 0 Å². The summed E-state index contributed by atoms with van der Waals surface area (Å²) in [5, 5.41) is 0. The molecule has 1 fully saturated rings. The van der Waals surface area contributed by atoms with E-state index in [2.05, 4.69) is 31.9 Å². The molecule has 1 saturated heterocycles. The van der Waals surface area contributed by atoms with E-state index in [4.69, 9.17) is 9.47 Å². The maximum absolute atomic E-state index is 12.7. The van der Waals surface area contributed by atoms with E-state index < -0.39 is 17.4 Å². The monoisotopic (exact) mass is 463 g/mol. The van der Waals surface area contributed by atoms with Crippen LogP contribution in [0.1, 0.15) is 19.4 Å². The normalized spacial score (nSPS) is 23.4. The molecular weight excluding hydrogens is 450 g/mol. The number of amides is 1. The number of nitrogens with zero attached hydrogens (tertiary/aromatic N) is 1. The van der Waals surface area contributed by atoms with Gasteiger partial charge in [-0.1, -0.05) is 34.1 Å². The Labute approximate surface area is 162 Å². The van der Waals surface area contributed by atoms with Crippen molar-refractivity contribution >= 4 is 49.7 Å². The first kappa shape index (κ1) is 16.7. The van der Waals surface area contributed by atoms with Crippen LogP contribution < -0.4 is 9.64 Å². The Morgan fingerprint density at radius 1 is 1.04 bits per heavy atom. The molecule has 0 radical (unpaired) electrons. The lowest BCUT2D eigenvalue weighted by Crippen LogP contribution is -2.60. The first-order chi connectivity index (χ1) is 11.8. The van der Waals surface area contributed by atoms with Crippen molar-refractivity contribution in [2.24, 2.45) is 0 Å². The van der Waals surface area contributed by atoms with Gasteiger partial charge in [-0.2, -0.15) is 0 Å². The molecule has 0 saturated carbocycles. The van der Waals surface area contributed by atoms with Gasteiger partial charge in [-0.3, -0.25) is 0 Å². The van der Waals surface area contributed by atoms with Crippen molar-refractivity contribution in [2.75, 3.05) is 4.90 Å². The van der Waals surface area contributed by atoms with Crippen molar-refractivity contribution in [1.29, 1.82) is 0 Å². The van der Waals surface area contributed by atoms with Gasteiger partial charge in [0.25, 0.3) is 5.72 Å². The fourth-order valence-electron chi connectivity index (χ4n) is 3.26. The fraction of sp³-hybridized carbons (Fsp3) is 0.211. The SMILES string of the molecule is CC1(C)OC(=O)N(c2ccccc2)[C@]12C=Cc1cc(Br)cc(Br)c1O2. The predicted molar refractivity (Wildman–Crippen MR) is 104 cm³/mol. The highest BCUT2D eigenvalue weighted by Crippen LogP contribution is 2.49. The Kier molecular flexibility index (Phi) is 3.74. The van der Waals surface area contributed by atoms with Crippen molar-refractivity contribution in [2.45, 2.75) is 25.2 Å². The fourth-order valence-corrected chi connectivity index (χ4v) is 4.60. The molecule has 0 bridgehead atoms. The lowest BCUT2D eigenvalue weighted by atomic mass is 9.90. The number of anilines is 1. The minimum Gasteiger partial charge on any atom is -0.458 e. The number of carbonyl (C=O) groups is 1. The third kappa shape index (κ3) is 2.42. The maximum atomic E-state index is 12.7. The Morgan fingerprint density at radius 2 is 1.76 bits per heavy atom. The number of rotatable bonds is 1. The van der Waals surface area contributed by atoms with Crippen molar-refractivity contribution in [3.63, 3.8) is 0 Å². The number of hydrogen-bond acceptors (Lipinski definition) is 3. The highest BCUT2D eigenvalue weighted by molar-refractivity contribution is 9.11. The molecule has 0 aliphatic carbocycles. The van der Waals surface area contributed by atoms with Gasteiger partial charge in [0, 0.05) is 10.0 Å². The molecule has 2 aliphatic rings. The molecule has 2 aromatic carbocycles. The second-order valence-corrected chi connectivity index (χ2v) is 8.26. The zero-order valence-corrected chi connectivity index (χ0v) is 16.8. The quantitative estimate of drug-likeness (QED) is 0.539. The molecule has 6 heteroatoms. The molecule has 128 valence electrons. The minimum atomic E-state index is -1.07. The Hall–Kier alpha value is -1.79. The summed E-state index contributed by atoms with van der Waals surface area (Å²) in [7, 11) is 0. The number of ether oxygens (including phenoxy) is 2. The van der Waals surface area contributed by atoms with Gasteiger partial charge in [0.2, 0.25) is 0 Å². The largest absolute Gasteiger partial charge is 0.458 e. The lowest BCUT2D eigenvalue weighted by molar-refractivity contribution is -0.0383. The smallest absolute Gasteiger partial charge is 0.418 e. The number of carbonyl (C=O) groups excluding carboxylic acids is 1. The van der Waals surface area contributed by atoms with Crippen molar-refractivity contribution in [3.8, 4) is 5.75 Å². The zero-order chi connectivity index (χ0) is 17.8. The molecule has 1 atom stereocenters. The average molecular weight is 465 g/mol. The van der Waals surface area contributed by atoms with Gasteiger partial charge in [-0.25, -0.2) is 9.69 Å². The number of para-hydroxylation sites is 1. The summed E-state index contributed by atoms with van der Waals surface area (Å²) < 4.78 is 13.9. The standard InChI is InChI=1S/C19H15Br2NO3/c1-18(2)19(22(17(23)25-18)14-6-4-3-5-7-14)9-8-12-10-13(20)11-15(21)16(12)24-19/h3-11H,1-2H3/t19-/m0/s1. The molecule has 0 aromatic heterocycles. The number of cyclic esters (lactones) is 1. The second-order valence-electron chi connectivity index (χ2n) is 6.49. The molecule has 0 unspecified atom stereocenters. The van der Waals surface area contributed by atoms with Crippen LogP contribution in [-0.4, -0.2) is 17.4 Å². The van der Waals surface area contributed by atoms with Crippen molar-refractivity contribution in [1.82, 2.24) is 0 Å². The predicted octanol–water partition coefficient (Wildman–Crippen LogP) is 5.75. The summed E-state index contributed by atoms with van der Waals surface area (Å²) in [6.45, 7) is 3.71. The van der Waals surface area contributed by atoms with Gasteiger partial charge in [0.05, 0.1) is 10.2 Å². The van der Waals surface area contributed by atoms with Crippen LogP contribution in [0.15, 0.2) is 57.5 Å². The van der Waals surface area contributed by atoms with E-state index in [-0.39, 0.29) is 0 Å². The summed E-state index contributed by atoms with van der Waals surface area (Å²) in [5.41, 5.74) is -0.301. The van der Waals surface area contributed by atoms with Crippen LogP contribution in [0, 0.1) is 0 Å². The van der Waals surface area contributed by atoms with Crippen LogP contribution in [0.2, 0.25) is 0 Å². The molecule has 25 heavy (non-hydrogen) atoms. The van der Waals surface area contributed by atoms with Crippen LogP contribution in [0.4, 0.5) is 10.5 Å². The number of halogens is 2. The summed E-state index contributed by atoms with van der Waals surface area (Å²) in [5.74, 6) is 0.679.